The molecule has 0 saturated carbocycles. The van der Waals surface area contributed by atoms with Crippen LogP contribution in [0.25, 0.3) is 0 Å². The number of hydrogen-bond donors (Lipinski definition) is 1. The van der Waals surface area contributed by atoms with E-state index in [1.807, 2.05) is 12.1 Å². The van der Waals surface area contributed by atoms with Crippen LogP contribution < -0.4 is 14.8 Å². The first-order valence-corrected chi connectivity index (χ1v) is 12.1. The van der Waals surface area contributed by atoms with Crippen LogP contribution in [0.3, 0.4) is 0 Å². The zero-order chi connectivity index (χ0) is 20.4. The van der Waals surface area contributed by atoms with Crippen molar-refractivity contribution in [1.82, 2.24) is 5.32 Å². The molecule has 2 unspecified atom stereocenters. The third-order valence-electron chi connectivity index (χ3n) is 4.81. The van der Waals surface area contributed by atoms with E-state index in [4.69, 9.17) is 9.47 Å². The first kappa shape index (κ1) is 20.6. The fourth-order valence-corrected chi connectivity index (χ4v) is 7.96. The second-order valence-corrected chi connectivity index (χ2v) is 11.0. The quantitative estimate of drug-likeness (QED) is 0.716. The van der Waals surface area contributed by atoms with Crippen molar-refractivity contribution >= 4 is 19.7 Å². The van der Waals surface area contributed by atoms with Gasteiger partial charge in [-0.05, 0) is 42.0 Å². The lowest BCUT2D eigenvalue weighted by Crippen LogP contribution is -2.43. The average molecular weight is 426 g/mol. The Balaban J connectivity index is 1.80. The van der Waals surface area contributed by atoms with E-state index in [0.717, 1.165) is 5.56 Å². The minimum Gasteiger partial charge on any atom is -0.497 e. The van der Waals surface area contributed by atoms with Crippen molar-refractivity contribution in [3.8, 4) is 11.5 Å². The maximum Gasteiger partial charge on any atom is 0.183 e. The fourth-order valence-electron chi connectivity index (χ4n) is 3.24. The topological polar surface area (TPSA) is 98.8 Å². The Bertz CT molecular complexity index is 1020. The van der Waals surface area contributed by atoms with E-state index in [2.05, 4.69) is 5.32 Å². The maximum atomic E-state index is 13.1. The molecule has 1 aliphatic rings. The highest BCUT2D eigenvalue weighted by Gasteiger charge is 2.45. The van der Waals surface area contributed by atoms with E-state index in [1.165, 1.54) is 19.2 Å². The first-order valence-electron chi connectivity index (χ1n) is 8.70. The van der Waals surface area contributed by atoms with Crippen LogP contribution in [0, 0.1) is 0 Å². The number of hydrogen-bond acceptors (Lipinski definition) is 7. The van der Waals surface area contributed by atoms with Crippen LogP contribution >= 0.6 is 0 Å². The Morgan fingerprint density at radius 2 is 1.46 bits per heavy atom. The summed E-state index contributed by atoms with van der Waals surface area (Å²) in [5.41, 5.74) is 0.908. The molecule has 7 nitrogen and oxygen atoms in total. The lowest BCUT2D eigenvalue weighted by Gasteiger charge is -2.20. The number of nitrogens with one attached hydrogen (secondary N) is 1. The van der Waals surface area contributed by atoms with Crippen LogP contribution in [-0.2, 0) is 26.2 Å². The van der Waals surface area contributed by atoms with Crippen molar-refractivity contribution in [2.24, 2.45) is 0 Å². The number of sulfone groups is 2. The summed E-state index contributed by atoms with van der Waals surface area (Å²) in [5, 5.41) is 2.08. The molecule has 0 aliphatic carbocycles. The molecule has 3 rings (SSSR count). The van der Waals surface area contributed by atoms with Gasteiger partial charge in [0.25, 0.3) is 0 Å². The molecule has 1 N–H and O–H groups in total. The van der Waals surface area contributed by atoms with Gasteiger partial charge in [-0.3, -0.25) is 0 Å². The molecule has 1 heterocycles. The summed E-state index contributed by atoms with van der Waals surface area (Å²) < 4.78 is 60.7. The summed E-state index contributed by atoms with van der Waals surface area (Å²) in [6.07, 6.45) is 0. The molecule has 0 amide bonds. The van der Waals surface area contributed by atoms with E-state index >= 15 is 0 Å². The number of benzene rings is 2. The summed E-state index contributed by atoms with van der Waals surface area (Å²) >= 11 is 0. The van der Waals surface area contributed by atoms with Crippen molar-refractivity contribution in [2.75, 3.05) is 25.7 Å². The van der Waals surface area contributed by atoms with Gasteiger partial charge in [-0.15, -0.1) is 0 Å². The molecule has 2 aromatic rings. The predicted molar refractivity (Wildman–Crippen MR) is 106 cm³/mol. The maximum absolute atomic E-state index is 13.1. The highest BCUT2D eigenvalue weighted by atomic mass is 32.2. The molecular formula is C19H23NO6S2. The second kappa shape index (κ2) is 8.10. The molecule has 0 spiro atoms. The van der Waals surface area contributed by atoms with E-state index in [1.54, 1.807) is 31.4 Å². The molecule has 1 fully saturated rings. The van der Waals surface area contributed by atoms with E-state index < -0.39 is 31.0 Å². The van der Waals surface area contributed by atoms with Gasteiger partial charge in [-0.1, -0.05) is 12.1 Å². The number of methoxy groups -OCH3 is 2. The van der Waals surface area contributed by atoms with Gasteiger partial charge in [0.05, 0.1) is 35.9 Å². The van der Waals surface area contributed by atoms with E-state index in [-0.39, 0.29) is 16.4 Å². The zero-order valence-electron chi connectivity index (χ0n) is 15.7. The van der Waals surface area contributed by atoms with Gasteiger partial charge in [-0.2, -0.15) is 0 Å². The van der Waals surface area contributed by atoms with Crippen LogP contribution in [0.1, 0.15) is 5.56 Å². The van der Waals surface area contributed by atoms with Crippen molar-refractivity contribution in [2.45, 2.75) is 22.7 Å². The summed E-state index contributed by atoms with van der Waals surface area (Å²) in [6, 6.07) is 12.6. The SMILES string of the molecule is COc1ccc(CNC2CS(=O)(=O)CC2S(=O)(=O)c2ccc(OC)cc2)cc1. The summed E-state index contributed by atoms with van der Waals surface area (Å²) in [4.78, 5) is 0.0895. The van der Waals surface area contributed by atoms with Gasteiger partial charge in [-0.25, -0.2) is 16.8 Å². The van der Waals surface area contributed by atoms with Crippen LogP contribution in [0.15, 0.2) is 53.4 Å². The molecule has 1 aliphatic heterocycles. The van der Waals surface area contributed by atoms with Crippen molar-refractivity contribution in [1.29, 1.82) is 0 Å². The van der Waals surface area contributed by atoms with E-state index in [0.29, 0.717) is 18.0 Å². The van der Waals surface area contributed by atoms with Gasteiger partial charge in [0.1, 0.15) is 11.5 Å². The largest absolute Gasteiger partial charge is 0.497 e. The Labute approximate surface area is 165 Å². The standard InChI is InChI=1S/C19H23NO6S2/c1-25-15-5-3-14(4-6-15)11-20-18-12-27(21,22)13-19(18)28(23,24)17-9-7-16(26-2)8-10-17/h3-10,18-20H,11-13H2,1-2H3. The Kier molecular flexibility index (Phi) is 5.97. The summed E-state index contributed by atoms with van der Waals surface area (Å²) in [7, 11) is -4.20. The van der Waals surface area contributed by atoms with Crippen molar-refractivity contribution in [3.05, 3.63) is 54.1 Å². The Morgan fingerprint density at radius 1 is 0.929 bits per heavy atom. The van der Waals surface area contributed by atoms with Gasteiger partial charge in [0, 0.05) is 12.6 Å². The number of ether oxygens (including phenoxy) is 2. The molecule has 2 aromatic carbocycles. The van der Waals surface area contributed by atoms with Crippen molar-refractivity contribution in [3.63, 3.8) is 0 Å². The van der Waals surface area contributed by atoms with E-state index in [9.17, 15) is 16.8 Å². The summed E-state index contributed by atoms with van der Waals surface area (Å²) in [5.74, 6) is 0.657. The molecule has 1 saturated heterocycles. The Morgan fingerprint density at radius 3 is 2.00 bits per heavy atom. The summed E-state index contributed by atoms with van der Waals surface area (Å²) in [6.45, 7) is 0.360. The average Bonchev–Trinajstić information content (AvgIpc) is 3.02. The fraction of sp³-hybridized carbons (Fsp3) is 0.368. The minimum atomic E-state index is -3.82. The molecule has 0 bridgehead atoms. The minimum absolute atomic E-state index is 0.0895. The lowest BCUT2D eigenvalue weighted by molar-refractivity contribution is 0.414. The van der Waals surface area contributed by atoms with Crippen LogP contribution in [0.4, 0.5) is 0 Å². The molecule has 2 atom stereocenters. The van der Waals surface area contributed by atoms with Gasteiger partial charge in [0.2, 0.25) is 0 Å². The van der Waals surface area contributed by atoms with Gasteiger partial charge >= 0.3 is 0 Å². The third kappa shape index (κ3) is 4.48. The highest BCUT2D eigenvalue weighted by Crippen LogP contribution is 2.27. The second-order valence-electron chi connectivity index (χ2n) is 6.67. The van der Waals surface area contributed by atoms with Crippen LogP contribution in [0.2, 0.25) is 0 Å². The molecule has 28 heavy (non-hydrogen) atoms. The van der Waals surface area contributed by atoms with Crippen molar-refractivity contribution < 1.29 is 26.3 Å². The highest BCUT2D eigenvalue weighted by molar-refractivity contribution is 7.96. The van der Waals surface area contributed by atoms with Crippen LogP contribution in [0.5, 0.6) is 11.5 Å². The first-order chi connectivity index (χ1) is 13.2. The predicted octanol–water partition coefficient (Wildman–Crippen LogP) is 1.43. The Hall–Kier alpha value is -2.10. The monoisotopic (exact) mass is 425 g/mol. The normalized spacial score (nSPS) is 21.4. The van der Waals surface area contributed by atoms with Crippen LogP contribution in [-0.4, -0.2) is 53.9 Å². The lowest BCUT2D eigenvalue weighted by atomic mass is 10.2. The third-order valence-corrected chi connectivity index (χ3v) is 8.98. The van der Waals surface area contributed by atoms with Gasteiger partial charge < -0.3 is 14.8 Å². The smallest absolute Gasteiger partial charge is 0.183 e. The zero-order valence-corrected chi connectivity index (χ0v) is 17.3. The molecule has 9 heteroatoms. The molecule has 152 valence electrons. The number of rotatable bonds is 7. The molecule has 0 aromatic heterocycles. The van der Waals surface area contributed by atoms with Gasteiger partial charge in [0.15, 0.2) is 19.7 Å². The molecular weight excluding hydrogens is 402 g/mol. The molecule has 0 radical (unpaired) electrons.